The fourth-order valence-corrected chi connectivity index (χ4v) is 2.28. The van der Waals surface area contributed by atoms with Gasteiger partial charge in [0.1, 0.15) is 11.4 Å². The zero-order valence-electron chi connectivity index (χ0n) is 11.7. The van der Waals surface area contributed by atoms with E-state index in [0.717, 1.165) is 11.6 Å². The van der Waals surface area contributed by atoms with E-state index in [2.05, 4.69) is 15.3 Å². The third-order valence-corrected chi connectivity index (χ3v) is 3.47. The number of ketones is 2. The first kappa shape index (κ1) is 15.1. The highest BCUT2D eigenvalue weighted by Crippen LogP contribution is 2.16. The van der Waals surface area contributed by atoms with Crippen LogP contribution in [0.3, 0.4) is 0 Å². The summed E-state index contributed by atoms with van der Waals surface area (Å²) in [6.07, 6.45) is 3.78. The van der Waals surface area contributed by atoms with Crippen molar-refractivity contribution in [3.8, 4) is 0 Å². The van der Waals surface area contributed by atoms with Gasteiger partial charge in [-0.05, 0) is 17.7 Å². The molecule has 1 amide bonds. The Balaban J connectivity index is 1.75. The van der Waals surface area contributed by atoms with E-state index in [0.29, 0.717) is 5.02 Å². The van der Waals surface area contributed by atoms with E-state index in [4.69, 9.17) is 11.6 Å². The summed E-state index contributed by atoms with van der Waals surface area (Å²) in [5, 5.41) is 3.02. The molecule has 6 nitrogen and oxygen atoms in total. The number of nitrogens with one attached hydrogen (secondary N) is 1. The van der Waals surface area contributed by atoms with E-state index in [1.807, 2.05) is 0 Å². The van der Waals surface area contributed by atoms with Crippen molar-refractivity contribution in [3.63, 3.8) is 0 Å². The summed E-state index contributed by atoms with van der Waals surface area (Å²) in [4.78, 5) is 43.9. The molecule has 0 radical (unpaired) electrons. The Bertz CT molecular complexity index is 844. The molecule has 1 aromatic carbocycles. The molecule has 0 bridgehead atoms. The van der Waals surface area contributed by atoms with Gasteiger partial charge in [0.15, 0.2) is 0 Å². The molecule has 114 valence electrons. The summed E-state index contributed by atoms with van der Waals surface area (Å²) in [5.41, 5.74) is 0.583. The molecule has 1 heterocycles. The molecule has 23 heavy (non-hydrogen) atoms. The van der Waals surface area contributed by atoms with Gasteiger partial charge in [-0.2, -0.15) is 0 Å². The molecule has 0 atom stereocenters. The van der Waals surface area contributed by atoms with Crippen molar-refractivity contribution >= 4 is 29.1 Å². The molecule has 3 rings (SSSR count). The summed E-state index contributed by atoms with van der Waals surface area (Å²) in [6.45, 7) is 0. The average Bonchev–Trinajstić information content (AvgIpc) is 2.54. The Morgan fingerprint density at radius 3 is 2.39 bits per heavy atom. The smallest absolute Gasteiger partial charge is 0.230 e. The molecule has 0 spiro atoms. The lowest BCUT2D eigenvalue weighted by Crippen LogP contribution is -2.33. The van der Waals surface area contributed by atoms with Crippen LogP contribution < -0.4 is 5.32 Å². The topological polar surface area (TPSA) is 89.0 Å². The Morgan fingerprint density at radius 1 is 1.04 bits per heavy atom. The summed E-state index contributed by atoms with van der Waals surface area (Å²) in [6, 6.07) is 6.77. The van der Waals surface area contributed by atoms with E-state index < -0.39 is 17.5 Å². The number of amides is 1. The number of carbonyl (C=O) groups is 3. The highest BCUT2D eigenvalue weighted by molar-refractivity contribution is 6.30. The average molecular weight is 328 g/mol. The monoisotopic (exact) mass is 327 g/mol. The second kappa shape index (κ2) is 6.10. The quantitative estimate of drug-likeness (QED) is 0.927. The zero-order valence-corrected chi connectivity index (χ0v) is 12.5. The SMILES string of the molecule is O=C(Cc1ccc(Cl)cc1)NC1=CC(=O)c2nccnc2C1=O. The first-order valence-corrected chi connectivity index (χ1v) is 7.08. The van der Waals surface area contributed by atoms with Crippen LogP contribution >= 0.6 is 11.6 Å². The first-order chi connectivity index (χ1) is 11.0. The molecule has 0 fully saturated rings. The van der Waals surface area contributed by atoms with Crippen LogP contribution in [0.25, 0.3) is 0 Å². The Hall–Kier alpha value is -2.86. The lowest BCUT2D eigenvalue weighted by molar-refractivity contribution is -0.119. The van der Waals surface area contributed by atoms with Crippen LogP contribution in [-0.4, -0.2) is 27.4 Å². The van der Waals surface area contributed by atoms with E-state index >= 15 is 0 Å². The maximum Gasteiger partial charge on any atom is 0.230 e. The molecule has 1 aromatic heterocycles. The van der Waals surface area contributed by atoms with Gasteiger partial charge in [-0.25, -0.2) is 9.97 Å². The molecular weight excluding hydrogens is 318 g/mol. The number of carbonyl (C=O) groups excluding carboxylic acids is 3. The van der Waals surface area contributed by atoms with Gasteiger partial charge in [0.25, 0.3) is 0 Å². The van der Waals surface area contributed by atoms with Crippen LogP contribution in [0.1, 0.15) is 26.5 Å². The van der Waals surface area contributed by atoms with Crippen molar-refractivity contribution in [2.24, 2.45) is 0 Å². The van der Waals surface area contributed by atoms with E-state index in [1.165, 1.54) is 12.4 Å². The van der Waals surface area contributed by atoms with E-state index in [-0.39, 0.29) is 23.5 Å². The molecular formula is C16H10ClN3O3. The van der Waals surface area contributed by atoms with E-state index in [1.54, 1.807) is 24.3 Å². The second-order valence-corrected chi connectivity index (χ2v) is 5.29. The number of Topliss-reactive ketones (excluding diaryl/α,β-unsaturated/α-hetero) is 1. The lowest BCUT2D eigenvalue weighted by atomic mass is 10.0. The molecule has 0 saturated heterocycles. The summed E-state index contributed by atoms with van der Waals surface area (Å²) < 4.78 is 0. The lowest BCUT2D eigenvalue weighted by Gasteiger charge is -2.14. The van der Waals surface area contributed by atoms with Crippen molar-refractivity contribution in [3.05, 3.63) is 70.4 Å². The second-order valence-electron chi connectivity index (χ2n) is 4.86. The molecule has 0 saturated carbocycles. The number of fused-ring (bicyclic) bond motifs is 1. The van der Waals surface area contributed by atoms with Gasteiger partial charge in [0.05, 0.1) is 12.1 Å². The standard InChI is InChI=1S/C16H10ClN3O3/c17-10-3-1-9(2-4-10)7-13(22)20-11-8-12(21)14-15(16(11)23)19-6-5-18-14/h1-6,8H,7H2,(H,20,22). The fourth-order valence-electron chi connectivity index (χ4n) is 2.15. The molecule has 2 aromatic rings. The van der Waals surface area contributed by atoms with Crippen molar-refractivity contribution in [2.45, 2.75) is 6.42 Å². The molecule has 1 aliphatic carbocycles. The summed E-state index contributed by atoms with van der Waals surface area (Å²) in [5.74, 6) is -1.40. The van der Waals surface area contributed by atoms with Gasteiger partial charge in [0.2, 0.25) is 17.5 Å². The summed E-state index contributed by atoms with van der Waals surface area (Å²) in [7, 11) is 0. The van der Waals surface area contributed by atoms with Crippen LogP contribution in [0.15, 0.2) is 48.4 Å². The zero-order chi connectivity index (χ0) is 16.4. The van der Waals surface area contributed by atoms with Gasteiger partial charge in [0, 0.05) is 23.5 Å². The van der Waals surface area contributed by atoms with Crippen LogP contribution in [0.5, 0.6) is 0 Å². The minimum atomic E-state index is -0.530. The predicted octanol–water partition coefficient (Wildman–Crippen LogP) is 1.75. The number of hydrogen-bond donors (Lipinski definition) is 1. The molecule has 0 aliphatic heterocycles. The maximum absolute atomic E-state index is 12.2. The predicted molar refractivity (Wildman–Crippen MR) is 82.1 cm³/mol. The number of halogens is 1. The Kier molecular flexibility index (Phi) is 3.99. The van der Waals surface area contributed by atoms with Gasteiger partial charge in [-0.1, -0.05) is 23.7 Å². The molecule has 7 heteroatoms. The minimum absolute atomic E-state index is 0.00630. The Morgan fingerprint density at radius 2 is 1.70 bits per heavy atom. The first-order valence-electron chi connectivity index (χ1n) is 6.70. The molecule has 1 aliphatic rings. The highest BCUT2D eigenvalue weighted by atomic mass is 35.5. The van der Waals surface area contributed by atoms with Crippen LogP contribution in [0.2, 0.25) is 5.02 Å². The van der Waals surface area contributed by atoms with E-state index in [9.17, 15) is 14.4 Å². The number of nitrogens with zero attached hydrogens (tertiary/aromatic N) is 2. The number of rotatable bonds is 3. The maximum atomic E-state index is 12.2. The third-order valence-electron chi connectivity index (χ3n) is 3.22. The minimum Gasteiger partial charge on any atom is -0.322 e. The number of allylic oxidation sites excluding steroid dienone is 2. The number of hydrogen-bond acceptors (Lipinski definition) is 5. The normalized spacial score (nSPS) is 13.3. The van der Waals surface area contributed by atoms with Crippen LogP contribution in [0.4, 0.5) is 0 Å². The van der Waals surface area contributed by atoms with Crippen molar-refractivity contribution < 1.29 is 14.4 Å². The van der Waals surface area contributed by atoms with Gasteiger partial charge >= 0.3 is 0 Å². The van der Waals surface area contributed by atoms with Crippen molar-refractivity contribution in [2.75, 3.05) is 0 Å². The number of benzene rings is 1. The van der Waals surface area contributed by atoms with Gasteiger partial charge < -0.3 is 5.32 Å². The van der Waals surface area contributed by atoms with Crippen molar-refractivity contribution in [1.29, 1.82) is 0 Å². The highest BCUT2D eigenvalue weighted by Gasteiger charge is 2.28. The van der Waals surface area contributed by atoms with Gasteiger partial charge in [-0.3, -0.25) is 14.4 Å². The fraction of sp³-hybridized carbons (Fsp3) is 0.0625. The molecule has 0 unspecified atom stereocenters. The van der Waals surface area contributed by atoms with Crippen molar-refractivity contribution in [1.82, 2.24) is 15.3 Å². The summed E-state index contributed by atoms with van der Waals surface area (Å²) >= 11 is 5.78. The number of aromatic nitrogens is 2. The third kappa shape index (κ3) is 3.17. The van der Waals surface area contributed by atoms with Crippen LogP contribution in [0, 0.1) is 0 Å². The largest absolute Gasteiger partial charge is 0.322 e. The molecule has 1 N–H and O–H groups in total. The van der Waals surface area contributed by atoms with Crippen LogP contribution in [-0.2, 0) is 11.2 Å². The Labute approximate surface area is 136 Å². The van der Waals surface area contributed by atoms with Gasteiger partial charge in [-0.15, -0.1) is 0 Å².